The highest BCUT2D eigenvalue weighted by Crippen LogP contribution is 2.36. The van der Waals surface area contributed by atoms with E-state index < -0.39 is 11.7 Å². The first kappa shape index (κ1) is 9.76. The van der Waals surface area contributed by atoms with Crippen LogP contribution in [-0.4, -0.2) is 6.29 Å². The minimum absolute atomic E-state index is 0.0279. The SMILES string of the molecule is O=Cc1ccc(C(F)(F)F)c2ccoc12. The molecule has 0 fully saturated rings. The molecule has 0 aliphatic rings. The van der Waals surface area contributed by atoms with E-state index in [9.17, 15) is 18.0 Å². The van der Waals surface area contributed by atoms with E-state index in [2.05, 4.69) is 0 Å². The van der Waals surface area contributed by atoms with Gasteiger partial charge in [0.05, 0.1) is 17.4 Å². The Kier molecular flexibility index (Phi) is 2.03. The number of carbonyl (C=O) groups excluding carboxylic acids is 1. The van der Waals surface area contributed by atoms with Crippen LogP contribution in [0.3, 0.4) is 0 Å². The summed E-state index contributed by atoms with van der Waals surface area (Å²) in [6, 6.07) is 3.17. The van der Waals surface area contributed by atoms with E-state index in [0.29, 0.717) is 6.29 Å². The zero-order valence-corrected chi connectivity index (χ0v) is 7.34. The van der Waals surface area contributed by atoms with Gasteiger partial charge in [-0.1, -0.05) is 0 Å². The van der Waals surface area contributed by atoms with E-state index >= 15 is 0 Å². The standard InChI is InChI=1S/C10H5F3O2/c11-10(12,13)8-2-1-6(5-14)9-7(8)3-4-15-9/h1-5H. The molecule has 0 bridgehead atoms. The van der Waals surface area contributed by atoms with E-state index in [0.717, 1.165) is 18.4 Å². The topological polar surface area (TPSA) is 30.2 Å². The summed E-state index contributed by atoms with van der Waals surface area (Å²) in [5.74, 6) is 0. The van der Waals surface area contributed by atoms with Crippen LogP contribution in [0.2, 0.25) is 0 Å². The number of rotatable bonds is 1. The number of furan rings is 1. The van der Waals surface area contributed by atoms with Crippen molar-refractivity contribution in [1.82, 2.24) is 0 Å². The van der Waals surface area contributed by atoms with Crippen LogP contribution >= 0.6 is 0 Å². The summed E-state index contributed by atoms with van der Waals surface area (Å²) in [6.07, 6.45) is -2.84. The van der Waals surface area contributed by atoms with Crippen molar-refractivity contribution in [2.24, 2.45) is 0 Å². The Labute approximate surface area is 82.3 Å². The Morgan fingerprint density at radius 3 is 2.53 bits per heavy atom. The first-order valence-corrected chi connectivity index (χ1v) is 4.06. The molecule has 0 amide bonds. The van der Waals surface area contributed by atoms with Crippen LogP contribution in [0.1, 0.15) is 15.9 Å². The summed E-state index contributed by atoms with van der Waals surface area (Å²) in [7, 11) is 0. The third-order valence-electron chi connectivity index (χ3n) is 2.08. The lowest BCUT2D eigenvalue weighted by Gasteiger charge is -2.07. The second-order valence-corrected chi connectivity index (χ2v) is 2.98. The van der Waals surface area contributed by atoms with Crippen molar-refractivity contribution in [3.05, 3.63) is 35.6 Å². The van der Waals surface area contributed by atoms with Crippen molar-refractivity contribution in [2.45, 2.75) is 6.18 Å². The summed E-state index contributed by atoms with van der Waals surface area (Å²) in [6.45, 7) is 0. The van der Waals surface area contributed by atoms with Gasteiger partial charge in [-0.3, -0.25) is 4.79 Å². The highest BCUT2D eigenvalue weighted by atomic mass is 19.4. The molecule has 0 N–H and O–H groups in total. The van der Waals surface area contributed by atoms with E-state index in [1.54, 1.807) is 0 Å². The number of fused-ring (bicyclic) bond motifs is 1. The molecule has 2 rings (SSSR count). The molecular formula is C10H5F3O2. The fourth-order valence-corrected chi connectivity index (χ4v) is 1.42. The van der Waals surface area contributed by atoms with Gasteiger partial charge in [-0.05, 0) is 18.2 Å². The normalized spacial score (nSPS) is 11.9. The third kappa shape index (κ3) is 1.49. The Hall–Kier alpha value is -1.78. The van der Waals surface area contributed by atoms with Crippen LogP contribution in [0, 0.1) is 0 Å². The third-order valence-corrected chi connectivity index (χ3v) is 2.08. The van der Waals surface area contributed by atoms with E-state index in [-0.39, 0.29) is 16.5 Å². The lowest BCUT2D eigenvalue weighted by molar-refractivity contribution is -0.136. The van der Waals surface area contributed by atoms with Gasteiger partial charge in [0, 0.05) is 5.39 Å². The van der Waals surface area contributed by atoms with Crippen LogP contribution in [0.15, 0.2) is 28.9 Å². The summed E-state index contributed by atoms with van der Waals surface area (Å²) < 4.78 is 42.3. The smallest absolute Gasteiger partial charge is 0.417 e. The number of benzene rings is 1. The molecule has 0 spiro atoms. The van der Waals surface area contributed by atoms with Gasteiger partial charge in [0.1, 0.15) is 5.58 Å². The maximum atomic E-state index is 12.5. The highest BCUT2D eigenvalue weighted by molar-refractivity contribution is 5.96. The van der Waals surface area contributed by atoms with Gasteiger partial charge >= 0.3 is 6.18 Å². The zero-order valence-electron chi connectivity index (χ0n) is 7.34. The molecule has 0 atom stereocenters. The Balaban J connectivity index is 2.80. The first-order valence-electron chi connectivity index (χ1n) is 4.06. The highest BCUT2D eigenvalue weighted by Gasteiger charge is 2.33. The molecule has 1 aromatic carbocycles. The van der Waals surface area contributed by atoms with Crippen LogP contribution in [0.4, 0.5) is 13.2 Å². The Morgan fingerprint density at radius 1 is 1.20 bits per heavy atom. The molecule has 15 heavy (non-hydrogen) atoms. The summed E-state index contributed by atoms with van der Waals surface area (Å²) >= 11 is 0. The van der Waals surface area contributed by atoms with Crippen LogP contribution in [-0.2, 0) is 6.18 Å². The largest absolute Gasteiger partial charge is 0.464 e. The Bertz CT molecular complexity index is 511. The molecule has 0 unspecified atom stereocenters. The average Bonchev–Trinajstić information content (AvgIpc) is 2.62. The van der Waals surface area contributed by atoms with Crippen LogP contribution < -0.4 is 0 Å². The quantitative estimate of drug-likeness (QED) is 0.682. The number of aldehydes is 1. The van der Waals surface area contributed by atoms with E-state index in [4.69, 9.17) is 4.42 Å². The van der Waals surface area contributed by atoms with Crippen molar-refractivity contribution in [1.29, 1.82) is 0 Å². The van der Waals surface area contributed by atoms with Gasteiger partial charge in [0.2, 0.25) is 0 Å². The van der Waals surface area contributed by atoms with Gasteiger partial charge in [-0.25, -0.2) is 0 Å². The van der Waals surface area contributed by atoms with E-state index in [1.807, 2.05) is 0 Å². The number of hydrogen-bond acceptors (Lipinski definition) is 2. The van der Waals surface area contributed by atoms with Gasteiger partial charge in [0.15, 0.2) is 6.29 Å². The summed E-state index contributed by atoms with van der Waals surface area (Å²) in [5.41, 5.74) is -0.709. The van der Waals surface area contributed by atoms with Crippen LogP contribution in [0.25, 0.3) is 11.0 Å². The number of carbonyl (C=O) groups is 1. The minimum Gasteiger partial charge on any atom is -0.464 e. The maximum Gasteiger partial charge on any atom is 0.417 e. The maximum absolute atomic E-state index is 12.5. The molecule has 78 valence electrons. The monoisotopic (exact) mass is 214 g/mol. The van der Waals surface area contributed by atoms with Crippen LogP contribution in [0.5, 0.6) is 0 Å². The molecule has 2 aromatic rings. The van der Waals surface area contributed by atoms with Gasteiger partial charge in [0.25, 0.3) is 0 Å². The molecule has 2 nitrogen and oxygen atoms in total. The number of alkyl halides is 3. The van der Waals surface area contributed by atoms with Gasteiger partial charge in [-0.15, -0.1) is 0 Å². The molecule has 0 aliphatic carbocycles. The number of hydrogen-bond donors (Lipinski definition) is 0. The Morgan fingerprint density at radius 2 is 1.93 bits per heavy atom. The lowest BCUT2D eigenvalue weighted by Crippen LogP contribution is -2.05. The minimum atomic E-state index is -4.44. The predicted molar refractivity (Wildman–Crippen MR) is 46.6 cm³/mol. The van der Waals surface area contributed by atoms with Gasteiger partial charge in [-0.2, -0.15) is 13.2 Å². The van der Waals surface area contributed by atoms with Crippen molar-refractivity contribution in [3.63, 3.8) is 0 Å². The molecule has 0 saturated heterocycles. The fraction of sp³-hybridized carbons (Fsp3) is 0.100. The second-order valence-electron chi connectivity index (χ2n) is 2.98. The molecule has 1 aromatic heterocycles. The average molecular weight is 214 g/mol. The predicted octanol–water partition coefficient (Wildman–Crippen LogP) is 3.26. The molecule has 0 saturated carbocycles. The molecule has 5 heteroatoms. The fourth-order valence-electron chi connectivity index (χ4n) is 1.42. The van der Waals surface area contributed by atoms with E-state index in [1.165, 1.54) is 6.07 Å². The van der Waals surface area contributed by atoms with Crippen molar-refractivity contribution in [3.8, 4) is 0 Å². The summed E-state index contributed by atoms with van der Waals surface area (Å²) in [4.78, 5) is 10.5. The van der Waals surface area contributed by atoms with Crippen molar-refractivity contribution < 1.29 is 22.4 Å². The van der Waals surface area contributed by atoms with Crippen molar-refractivity contribution in [2.75, 3.05) is 0 Å². The molecule has 0 radical (unpaired) electrons. The zero-order chi connectivity index (χ0) is 11.1. The number of halogens is 3. The lowest BCUT2D eigenvalue weighted by atomic mass is 10.1. The molecule has 1 heterocycles. The van der Waals surface area contributed by atoms with Gasteiger partial charge < -0.3 is 4.42 Å². The second kappa shape index (κ2) is 3.12. The van der Waals surface area contributed by atoms with Crippen molar-refractivity contribution >= 4 is 17.3 Å². The molecule has 0 aliphatic heterocycles. The first-order chi connectivity index (χ1) is 7.04. The molecular weight excluding hydrogens is 209 g/mol. The summed E-state index contributed by atoms with van der Waals surface area (Å²) in [5, 5.41) is -0.0906.